The predicted octanol–water partition coefficient (Wildman–Crippen LogP) is 3.19. The van der Waals surface area contributed by atoms with E-state index in [9.17, 15) is 4.79 Å². The van der Waals surface area contributed by atoms with Crippen molar-refractivity contribution in [2.45, 2.75) is 25.5 Å². The van der Waals surface area contributed by atoms with Gasteiger partial charge in [-0.05, 0) is 37.1 Å². The lowest BCUT2D eigenvalue weighted by Crippen LogP contribution is -2.50. The number of nitrogens with zero attached hydrogens (tertiary/aromatic N) is 2. The van der Waals surface area contributed by atoms with Crippen LogP contribution in [-0.2, 0) is 11.3 Å². The second-order valence-electron chi connectivity index (χ2n) is 7.16. The molecule has 2 amide bonds. The number of carbonyl (C=O) groups excluding carboxylic acids is 1. The zero-order chi connectivity index (χ0) is 19.2. The first kappa shape index (κ1) is 18.8. The van der Waals surface area contributed by atoms with E-state index in [0.29, 0.717) is 24.1 Å². The van der Waals surface area contributed by atoms with Gasteiger partial charge in [0.05, 0.1) is 25.2 Å². The number of carbonyl (C=O) groups is 1. The number of nitrogens with one attached hydrogen (secondary N) is 1. The van der Waals surface area contributed by atoms with Gasteiger partial charge in [0.1, 0.15) is 18.1 Å². The smallest absolute Gasteiger partial charge is 0.321 e. The molecule has 0 aliphatic carbocycles. The average molecular weight is 385 g/mol. The maximum atomic E-state index is 12.7. The number of anilines is 1. The third-order valence-electron chi connectivity index (χ3n) is 5.39. The molecule has 1 N–H and O–H groups in total. The summed E-state index contributed by atoms with van der Waals surface area (Å²) in [5, 5.41) is 3.00. The van der Waals surface area contributed by atoms with Crippen molar-refractivity contribution < 1.29 is 18.7 Å². The van der Waals surface area contributed by atoms with Crippen LogP contribution in [0.1, 0.15) is 18.6 Å². The monoisotopic (exact) mass is 385 g/mol. The topological polar surface area (TPSA) is 67.2 Å². The number of benzene rings is 1. The second kappa shape index (κ2) is 9.12. The van der Waals surface area contributed by atoms with E-state index in [1.54, 1.807) is 6.26 Å². The number of piperidine rings is 1. The largest absolute Gasteiger partial charge is 0.483 e. The molecule has 7 heteroatoms. The molecule has 1 aromatic carbocycles. The number of morpholine rings is 1. The molecule has 28 heavy (non-hydrogen) atoms. The summed E-state index contributed by atoms with van der Waals surface area (Å²) in [4.78, 5) is 17.1. The van der Waals surface area contributed by atoms with Crippen LogP contribution in [0.25, 0.3) is 0 Å². The minimum absolute atomic E-state index is 0.0746. The van der Waals surface area contributed by atoms with Crippen molar-refractivity contribution in [1.29, 1.82) is 0 Å². The first-order valence-electron chi connectivity index (χ1n) is 9.91. The molecule has 3 heterocycles. The highest BCUT2D eigenvalue weighted by Crippen LogP contribution is 2.26. The van der Waals surface area contributed by atoms with Crippen molar-refractivity contribution in [3.05, 3.63) is 48.4 Å². The summed E-state index contributed by atoms with van der Waals surface area (Å²) in [6, 6.07) is 11.7. The highest BCUT2D eigenvalue weighted by molar-refractivity contribution is 5.91. The molecule has 1 aromatic heterocycles. The Morgan fingerprint density at radius 3 is 2.61 bits per heavy atom. The Morgan fingerprint density at radius 1 is 1.07 bits per heavy atom. The first-order chi connectivity index (χ1) is 13.8. The number of para-hydroxylation sites is 2. The van der Waals surface area contributed by atoms with Crippen LogP contribution in [0.2, 0.25) is 0 Å². The summed E-state index contributed by atoms with van der Waals surface area (Å²) < 4.78 is 16.6. The van der Waals surface area contributed by atoms with Crippen LogP contribution in [0.15, 0.2) is 47.1 Å². The Labute approximate surface area is 165 Å². The fourth-order valence-electron chi connectivity index (χ4n) is 3.81. The summed E-state index contributed by atoms with van der Waals surface area (Å²) in [6.07, 6.45) is 3.63. The minimum Gasteiger partial charge on any atom is -0.483 e. The number of likely N-dealkylation sites (tertiary alicyclic amines) is 1. The van der Waals surface area contributed by atoms with E-state index < -0.39 is 0 Å². The molecular formula is C21H27N3O4. The zero-order valence-electron chi connectivity index (χ0n) is 16.0. The lowest BCUT2D eigenvalue weighted by molar-refractivity contribution is 0.00419. The Bertz CT molecular complexity index is 751. The highest BCUT2D eigenvalue weighted by Gasteiger charge is 2.28. The average Bonchev–Trinajstić information content (AvgIpc) is 3.27. The summed E-state index contributed by atoms with van der Waals surface area (Å²) in [5.41, 5.74) is 0.675. The predicted molar refractivity (Wildman–Crippen MR) is 105 cm³/mol. The van der Waals surface area contributed by atoms with Crippen LogP contribution in [0.3, 0.4) is 0 Å². The van der Waals surface area contributed by atoms with Gasteiger partial charge in [-0.2, -0.15) is 0 Å². The van der Waals surface area contributed by atoms with Gasteiger partial charge < -0.3 is 24.1 Å². The lowest BCUT2D eigenvalue weighted by atomic mass is 10.0. The van der Waals surface area contributed by atoms with Gasteiger partial charge in [0.15, 0.2) is 0 Å². The molecule has 2 aromatic rings. The Balaban J connectivity index is 1.30. The minimum atomic E-state index is -0.0746. The molecule has 2 aliphatic rings. The summed E-state index contributed by atoms with van der Waals surface area (Å²) >= 11 is 0. The molecule has 0 radical (unpaired) electrons. The van der Waals surface area contributed by atoms with Gasteiger partial charge in [-0.1, -0.05) is 12.1 Å². The van der Waals surface area contributed by atoms with E-state index in [2.05, 4.69) is 10.2 Å². The Hall–Kier alpha value is -2.51. The standard InChI is InChI=1S/C21H27N3O4/c25-21(24-9-7-17(8-10-24)23-11-14-26-15-12-23)22-19-5-1-2-6-20(19)28-16-18-4-3-13-27-18/h1-6,13,17H,7-12,14-16H2,(H,22,25). The van der Waals surface area contributed by atoms with E-state index in [1.807, 2.05) is 41.3 Å². The maximum absolute atomic E-state index is 12.7. The summed E-state index contributed by atoms with van der Waals surface area (Å²) in [5.74, 6) is 1.38. The van der Waals surface area contributed by atoms with Crippen LogP contribution in [-0.4, -0.2) is 61.3 Å². The SMILES string of the molecule is O=C(Nc1ccccc1OCc1ccco1)N1CCC(N2CCOCC2)CC1. The molecule has 0 spiro atoms. The number of urea groups is 1. The molecule has 4 rings (SSSR count). The zero-order valence-corrected chi connectivity index (χ0v) is 16.0. The third kappa shape index (κ3) is 4.66. The molecule has 0 saturated carbocycles. The molecule has 2 saturated heterocycles. The molecular weight excluding hydrogens is 358 g/mol. The van der Waals surface area contributed by atoms with Crippen molar-refractivity contribution in [3.8, 4) is 5.75 Å². The molecule has 0 bridgehead atoms. The van der Waals surface area contributed by atoms with E-state index >= 15 is 0 Å². The van der Waals surface area contributed by atoms with Crippen LogP contribution in [0.4, 0.5) is 10.5 Å². The van der Waals surface area contributed by atoms with E-state index in [-0.39, 0.29) is 6.03 Å². The van der Waals surface area contributed by atoms with Crippen molar-refractivity contribution in [2.75, 3.05) is 44.7 Å². The number of amides is 2. The second-order valence-corrected chi connectivity index (χ2v) is 7.16. The molecule has 7 nitrogen and oxygen atoms in total. The van der Waals surface area contributed by atoms with Gasteiger partial charge in [-0.3, -0.25) is 4.90 Å². The highest BCUT2D eigenvalue weighted by atomic mass is 16.5. The number of ether oxygens (including phenoxy) is 2. The van der Waals surface area contributed by atoms with Gasteiger partial charge in [-0.25, -0.2) is 4.79 Å². The fourth-order valence-corrected chi connectivity index (χ4v) is 3.81. The number of rotatable bonds is 5. The van der Waals surface area contributed by atoms with Crippen molar-refractivity contribution in [3.63, 3.8) is 0 Å². The first-order valence-corrected chi connectivity index (χ1v) is 9.91. The Kier molecular flexibility index (Phi) is 6.14. The molecule has 2 aliphatic heterocycles. The number of hydrogen-bond acceptors (Lipinski definition) is 5. The summed E-state index contributed by atoms with van der Waals surface area (Å²) in [6.45, 7) is 5.48. The van der Waals surface area contributed by atoms with Crippen LogP contribution >= 0.6 is 0 Å². The van der Waals surface area contributed by atoms with Crippen LogP contribution < -0.4 is 10.1 Å². The van der Waals surface area contributed by atoms with Gasteiger partial charge >= 0.3 is 6.03 Å². The van der Waals surface area contributed by atoms with Crippen molar-refractivity contribution >= 4 is 11.7 Å². The van der Waals surface area contributed by atoms with E-state index in [4.69, 9.17) is 13.9 Å². The molecule has 0 atom stereocenters. The Morgan fingerprint density at radius 2 is 1.86 bits per heavy atom. The van der Waals surface area contributed by atoms with E-state index in [0.717, 1.165) is 58.0 Å². The van der Waals surface area contributed by atoms with E-state index in [1.165, 1.54) is 0 Å². The van der Waals surface area contributed by atoms with Crippen molar-refractivity contribution in [2.24, 2.45) is 0 Å². The van der Waals surface area contributed by atoms with Gasteiger partial charge in [0.25, 0.3) is 0 Å². The molecule has 150 valence electrons. The van der Waals surface area contributed by atoms with Crippen LogP contribution in [0.5, 0.6) is 5.75 Å². The van der Waals surface area contributed by atoms with Gasteiger partial charge in [0.2, 0.25) is 0 Å². The van der Waals surface area contributed by atoms with Gasteiger partial charge in [0, 0.05) is 32.2 Å². The number of hydrogen-bond donors (Lipinski definition) is 1. The summed E-state index contributed by atoms with van der Waals surface area (Å²) in [7, 11) is 0. The number of furan rings is 1. The van der Waals surface area contributed by atoms with Gasteiger partial charge in [-0.15, -0.1) is 0 Å². The van der Waals surface area contributed by atoms with Crippen molar-refractivity contribution in [1.82, 2.24) is 9.80 Å². The fraction of sp³-hybridized carbons (Fsp3) is 0.476. The van der Waals surface area contributed by atoms with Crippen LogP contribution in [0, 0.1) is 0 Å². The lowest BCUT2D eigenvalue weighted by Gasteiger charge is -2.40. The third-order valence-corrected chi connectivity index (χ3v) is 5.39. The molecule has 2 fully saturated rings. The molecule has 0 unspecified atom stereocenters. The normalized spacial score (nSPS) is 18.8. The maximum Gasteiger partial charge on any atom is 0.321 e. The quantitative estimate of drug-likeness (QED) is 0.856.